The summed E-state index contributed by atoms with van der Waals surface area (Å²) in [6, 6.07) is 20.0. The van der Waals surface area contributed by atoms with Crippen LogP contribution in [0.5, 0.6) is 0 Å². The molecule has 0 fully saturated rings. The van der Waals surface area contributed by atoms with E-state index in [0.29, 0.717) is 28.7 Å². The summed E-state index contributed by atoms with van der Waals surface area (Å²) in [6.45, 7) is 0.687. The minimum atomic E-state index is -0.589. The fraction of sp³-hybridized carbons (Fsp3) is 0.222. The molecular formula is C27H30Cl2N4O3. The topological polar surface area (TPSA) is 107 Å². The smallest absolute Gasteiger partial charge is 0.275 e. The molecule has 7 nitrogen and oxygen atoms in total. The van der Waals surface area contributed by atoms with E-state index in [9.17, 15) is 4.79 Å². The van der Waals surface area contributed by atoms with Crippen LogP contribution in [0.15, 0.2) is 73.1 Å². The number of halogens is 2. The SMILES string of the molecule is Cl.Cl.O=C(NO)c1cc(-c2ccc(CCCCc3ccc(NCCO)cc3)cc2)nc2ccncc12. The van der Waals surface area contributed by atoms with E-state index in [0.717, 1.165) is 36.9 Å². The molecule has 0 saturated carbocycles. The van der Waals surface area contributed by atoms with Crippen LogP contribution in [0, 0.1) is 0 Å². The minimum absolute atomic E-state index is 0. The van der Waals surface area contributed by atoms with Gasteiger partial charge in [0.25, 0.3) is 5.91 Å². The zero-order valence-electron chi connectivity index (χ0n) is 19.7. The molecule has 36 heavy (non-hydrogen) atoms. The maximum Gasteiger partial charge on any atom is 0.275 e. The molecule has 4 rings (SSSR count). The number of pyridine rings is 2. The van der Waals surface area contributed by atoms with E-state index in [1.165, 1.54) is 11.1 Å². The van der Waals surface area contributed by atoms with E-state index >= 15 is 0 Å². The number of aromatic nitrogens is 2. The van der Waals surface area contributed by atoms with E-state index in [2.05, 4.69) is 51.7 Å². The average Bonchev–Trinajstić information content (AvgIpc) is 2.90. The lowest BCUT2D eigenvalue weighted by atomic mass is 10.0. The Bertz CT molecular complexity index is 1250. The molecule has 0 bridgehead atoms. The van der Waals surface area contributed by atoms with Crippen molar-refractivity contribution < 1.29 is 15.1 Å². The lowest BCUT2D eigenvalue weighted by Crippen LogP contribution is -2.19. The number of benzene rings is 2. The Labute approximate surface area is 222 Å². The molecule has 0 aliphatic heterocycles. The third-order valence-electron chi connectivity index (χ3n) is 5.78. The second-order valence-corrected chi connectivity index (χ2v) is 8.14. The summed E-state index contributed by atoms with van der Waals surface area (Å²) in [5.41, 5.74) is 7.85. The molecule has 2 heterocycles. The van der Waals surface area contributed by atoms with Crippen LogP contribution in [0.4, 0.5) is 5.69 Å². The molecule has 0 radical (unpaired) electrons. The highest BCUT2D eigenvalue weighted by molar-refractivity contribution is 6.06. The van der Waals surface area contributed by atoms with Gasteiger partial charge in [0.1, 0.15) is 0 Å². The van der Waals surface area contributed by atoms with Gasteiger partial charge in [-0.15, -0.1) is 24.8 Å². The van der Waals surface area contributed by atoms with Gasteiger partial charge in [-0.3, -0.25) is 15.0 Å². The number of carbonyl (C=O) groups is 1. The number of nitrogens with one attached hydrogen (secondary N) is 2. The highest BCUT2D eigenvalue weighted by Gasteiger charge is 2.13. The van der Waals surface area contributed by atoms with Gasteiger partial charge in [-0.2, -0.15) is 0 Å². The highest BCUT2D eigenvalue weighted by atomic mass is 35.5. The number of amides is 1. The Morgan fingerprint density at radius 2 is 1.53 bits per heavy atom. The summed E-state index contributed by atoms with van der Waals surface area (Å²) < 4.78 is 0. The predicted molar refractivity (Wildman–Crippen MR) is 147 cm³/mol. The van der Waals surface area contributed by atoms with E-state index < -0.39 is 5.91 Å². The van der Waals surface area contributed by atoms with Gasteiger partial charge < -0.3 is 10.4 Å². The quantitative estimate of drug-likeness (QED) is 0.127. The van der Waals surface area contributed by atoms with Crippen LogP contribution >= 0.6 is 24.8 Å². The zero-order valence-corrected chi connectivity index (χ0v) is 21.3. The van der Waals surface area contributed by atoms with Gasteiger partial charge in [0.05, 0.1) is 23.4 Å². The second-order valence-electron chi connectivity index (χ2n) is 8.14. The number of hydrogen-bond donors (Lipinski definition) is 4. The van der Waals surface area contributed by atoms with E-state index in [-0.39, 0.29) is 31.4 Å². The van der Waals surface area contributed by atoms with Gasteiger partial charge in [-0.05, 0) is 61.1 Å². The molecule has 0 atom stereocenters. The summed E-state index contributed by atoms with van der Waals surface area (Å²) in [6.07, 6.45) is 7.42. The first-order valence-electron chi connectivity index (χ1n) is 11.4. The standard InChI is InChI=1S/C27H28N4O3.2ClH/c32-16-15-29-22-11-7-20(8-12-22)4-2-1-3-19-5-9-21(10-6-19)26-17-23(27(33)31-34)24-18-28-14-13-25(24)30-26;;/h5-14,17-18,29,32,34H,1-4,15-16H2,(H,31,33);2*1H. The Balaban J connectivity index is 0.00000228. The second kappa shape index (κ2) is 14.4. The molecule has 0 aliphatic carbocycles. The zero-order chi connectivity index (χ0) is 23.8. The third kappa shape index (κ3) is 7.38. The average molecular weight is 529 g/mol. The van der Waals surface area contributed by atoms with Crippen molar-refractivity contribution in [2.75, 3.05) is 18.5 Å². The van der Waals surface area contributed by atoms with Gasteiger partial charge in [0.15, 0.2) is 0 Å². The van der Waals surface area contributed by atoms with Crippen LogP contribution in [-0.4, -0.2) is 39.3 Å². The number of nitrogens with zero attached hydrogens (tertiary/aromatic N) is 2. The number of hydrogen-bond acceptors (Lipinski definition) is 6. The Kier molecular flexibility index (Phi) is 11.6. The molecule has 0 unspecified atom stereocenters. The van der Waals surface area contributed by atoms with E-state index in [1.807, 2.05) is 12.1 Å². The van der Waals surface area contributed by atoms with E-state index in [4.69, 9.17) is 10.3 Å². The first-order valence-corrected chi connectivity index (χ1v) is 11.4. The number of hydroxylamine groups is 1. The van der Waals surface area contributed by atoms with Crippen molar-refractivity contribution in [1.29, 1.82) is 0 Å². The van der Waals surface area contributed by atoms with Gasteiger partial charge >= 0.3 is 0 Å². The molecule has 4 aromatic rings. The first kappa shape index (κ1) is 29.0. The van der Waals surface area contributed by atoms with Gasteiger partial charge in [0.2, 0.25) is 0 Å². The van der Waals surface area contributed by atoms with Crippen LogP contribution in [0.25, 0.3) is 22.2 Å². The number of aliphatic hydroxyl groups is 1. The van der Waals surface area contributed by atoms with Gasteiger partial charge in [-0.1, -0.05) is 36.4 Å². The number of fused-ring (bicyclic) bond motifs is 1. The van der Waals surface area contributed by atoms with Crippen LogP contribution in [0.2, 0.25) is 0 Å². The Morgan fingerprint density at radius 1 is 0.889 bits per heavy atom. The number of aryl methyl sites for hydroxylation is 2. The third-order valence-corrected chi connectivity index (χ3v) is 5.78. The molecule has 4 N–H and O–H groups in total. The lowest BCUT2D eigenvalue weighted by Gasteiger charge is -2.09. The number of aliphatic hydroxyl groups excluding tert-OH is 1. The van der Waals surface area contributed by atoms with Crippen molar-refractivity contribution >= 4 is 47.3 Å². The van der Waals surface area contributed by atoms with Crippen LogP contribution in [0.3, 0.4) is 0 Å². The van der Waals surface area contributed by atoms with Gasteiger partial charge in [0, 0.05) is 35.6 Å². The Hall–Kier alpha value is -3.23. The normalized spacial score (nSPS) is 10.3. The largest absolute Gasteiger partial charge is 0.395 e. The maximum atomic E-state index is 12.1. The van der Waals surface area contributed by atoms with Crippen molar-refractivity contribution in [2.24, 2.45) is 0 Å². The van der Waals surface area contributed by atoms with Crippen molar-refractivity contribution in [3.05, 3.63) is 89.7 Å². The molecule has 2 aromatic carbocycles. The molecule has 1 amide bonds. The monoisotopic (exact) mass is 528 g/mol. The lowest BCUT2D eigenvalue weighted by molar-refractivity contribution is 0.0708. The van der Waals surface area contributed by atoms with Crippen molar-refractivity contribution in [3.63, 3.8) is 0 Å². The number of anilines is 1. The maximum absolute atomic E-state index is 12.1. The van der Waals surface area contributed by atoms with Crippen molar-refractivity contribution in [2.45, 2.75) is 25.7 Å². The van der Waals surface area contributed by atoms with Crippen LogP contribution in [-0.2, 0) is 12.8 Å². The summed E-state index contributed by atoms with van der Waals surface area (Å²) in [7, 11) is 0. The number of carbonyl (C=O) groups excluding carboxylic acids is 1. The van der Waals surface area contributed by atoms with Crippen LogP contribution < -0.4 is 10.8 Å². The molecule has 0 saturated heterocycles. The summed E-state index contributed by atoms with van der Waals surface area (Å²) >= 11 is 0. The number of rotatable bonds is 10. The Morgan fingerprint density at radius 3 is 2.14 bits per heavy atom. The fourth-order valence-corrected chi connectivity index (χ4v) is 3.95. The molecular weight excluding hydrogens is 499 g/mol. The summed E-state index contributed by atoms with van der Waals surface area (Å²) in [5.74, 6) is -0.589. The van der Waals surface area contributed by atoms with Crippen molar-refractivity contribution in [3.8, 4) is 11.3 Å². The minimum Gasteiger partial charge on any atom is -0.395 e. The molecule has 2 aromatic heterocycles. The summed E-state index contributed by atoms with van der Waals surface area (Å²) in [5, 5.41) is 21.7. The molecule has 0 spiro atoms. The van der Waals surface area contributed by atoms with Crippen molar-refractivity contribution in [1.82, 2.24) is 15.4 Å². The highest BCUT2D eigenvalue weighted by Crippen LogP contribution is 2.25. The molecule has 0 aliphatic rings. The summed E-state index contributed by atoms with van der Waals surface area (Å²) in [4.78, 5) is 20.9. The first-order chi connectivity index (χ1) is 16.7. The van der Waals surface area contributed by atoms with Crippen LogP contribution in [0.1, 0.15) is 34.3 Å². The fourth-order valence-electron chi connectivity index (χ4n) is 3.95. The predicted octanol–water partition coefficient (Wildman–Crippen LogP) is 5.23. The van der Waals surface area contributed by atoms with Gasteiger partial charge in [-0.25, -0.2) is 10.5 Å². The van der Waals surface area contributed by atoms with E-state index in [1.54, 1.807) is 30.0 Å². The molecule has 9 heteroatoms. The molecule has 190 valence electrons. The number of unbranched alkanes of at least 4 members (excludes halogenated alkanes) is 1.